The van der Waals surface area contributed by atoms with Gasteiger partial charge in [0.2, 0.25) is 11.8 Å². The molecule has 0 fully saturated rings. The molecule has 1 aromatic heterocycles. The van der Waals surface area contributed by atoms with Crippen LogP contribution in [0.25, 0.3) is 0 Å². The van der Waals surface area contributed by atoms with Crippen LogP contribution in [0.3, 0.4) is 0 Å². The molecule has 0 radical (unpaired) electrons. The fraction of sp³-hybridized carbons (Fsp3) is 0.231. The molecule has 0 saturated heterocycles. The molecule has 0 unspecified atom stereocenters. The molecule has 1 heterocycles. The van der Waals surface area contributed by atoms with Gasteiger partial charge < -0.3 is 9.80 Å². The lowest BCUT2D eigenvalue weighted by Crippen LogP contribution is -2.43. The number of hydrogen-bond donors (Lipinski definition) is 0. The smallest absolute Gasteiger partial charge is 0.242 e. The molecule has 0 aliphatic rings. The molecule has 33 heavy (non-hydrogen) atoms. The van der Waals surface area contributed by atoms with Crippen LogP contribution in [-0.4, -0.2) is 34.7 Å². The first kappa shape index (κ1) is 24.3. The van der Waals surface area contributed by atoms with Crippen LogP contribution in [0, 0.1) is 18.6 Å². The summed E-state index contributed by atoms with van der Waals surface area (Å²) in [7, 11) is 0. The lowest BCUT2D eigenvalue weighted by Gasteiger charge is -2.27. The number of nitrogens with zero attached hydrogens (tertiary/aromatic N) is 2. The van der Waals surface area contributed by atoms with Gasteiger partial charge in [0.25, 0.3) is 0 Å². The summed E-state index contributed by atoms with van der Waals surface area (Å²) in [6, 6.07) is 13.8. The van der Waals surface area contributed by atoms with E-state index in [1.54, 1.807) is 46.6 Å². The van der Waals surface area contributed by atoms with Crippen molar-refractivity contribution in [1.29, 1.82) is 0 Å². The van der Waals surface area contributed by atoms with Gasteiger partial charge in [0.15, 0.2) is 0 Å². The summed E-state index contributed by atoms with van der Waals surface area (Å²) in [5.74, 6) is -1.18. The summed E-state index contributed by atoms with van der Waals surface area (Å²) in [5, 5.41) is 1.97. The second kappa shape index (κ2) is 11.5. The zero-order valence-electron chi connectivity index (χ0n) is 18.5. The maximum Gasteiger partial charge on any atom is 0.242 e. The minimum Gasteiger partial charge on any atom is -0.332 e. The van der Waals surface area contributed by atoms with E-state index >= 15 is 0 Å². The second-order valence-electron chi connectivity index (χ2n) is 7.77. The van der Waals surface area contributed by atoms with Crippen molar-refractivity contribution in [3.63, 3.8) is 0 Å². The molecule has 0 aliphatic carbocycles. The Bertz CT molecular complexity index is 1090. The fourth-order valence-corrected chi connectivity index (χ4v) is 4.26. The van der Waals surface area contributed by atoms with E-state index < -0.39 is 0 Å². The van der Waals surface area contributed by atoms with Crippen molar-refractivity contribution in [1.82, 2.24) is 9.80 Å². The van der Waals surface area contributed by atoms with Crippen LogP contribution in [0.1, 0.15) is 21.6 Å². The fourth-order valence-electron chi connectivity index (χ4n) is 3.34. The molecule has 0 aliphatic heterocycles. The lowest BCUT2D eigenvalue weighted by atomic mass is 10.1. The minimum atomic E-state index is -0.371. The standard InChI is InChI=1S/C26H26F2N2O2S/c1-3-13-29(25(31)15-20-4-8-22(27)9-5-20)18-26(32)30(17-24-19(2)12-14-33-24)16-21-6-10-23(28)11-7-21/h3-12,14H,1,13,15-18H2,2H3. The number of aryl methyl sites for hydroxylation is 1. The molecule has 2 aromatic carbocycles. The van der Waals surface area contributed by atoms with Crippen molar-refractivity contribution in [2.45, 2.75) is 26.4 Å². The first-order chi connectivity index (χ1) is 15.9. The maximum atomic E-state index is 13.3. The van der Waals surface area contributed by atoms with Gasteiger partial charge in [0.05, 0.1) is 13.0 Å². The lowest BCUT2D eigenvalue weighted by molar-refractivity contribution is -0.140. The largest absolute Gasteiger partial charge is 0.332 e. The monoisotopic (exact) mass is 468 g/mol. The Morgan fingerprint density at radius 1 is 0.879 bits per heavy atom. The van der Waals surface area contributed by atoms with Crippen LogP contribution < -0.4 is 0 Å². The van der Waals surface area contributed by atoms with E-state index in [2.05, 4.69) is 6.58 Å². The Kier molecular flexibility index (Phi) is 8.49. The molecular formula is C26H26F2N2O2S. The molecule has 0 atom stereocenters. The number of rotatable bonds is 10. The number of amides is 2. The highest BCUT2D eigenvalue weighted by atomic mass is 32.1. The third-order valence-corrected chi connectivity index (χ3v) is 6.25. The van der Waals surface area contributed by atoms with E-state index in [9.17, 15) is 18.4 Å². The second-order valence-corrected chi connectivity index (χ2v) is 8.77. The van der Waals surface area contributed by atoms with Gasteiger partial charge >= 0.3 is 0 Å². The van der Waals surface area contributed by atoms with E-state index in [1.165, 1.54) is 29.2 Å². The van der Waals surface area contributed by atoms with Gasteiger partial charge in [-0.15, -0.1) is 17.9 Å². The highest BCUT2D eigenvalue weighted by Gasteiger charge is 2.22. The molecule has 0 saturated carbocycles. The number of halogens is 2. The highest BCUT2D eigenvalue weighted by Crippen LogP contribution is 2.20. The van der Waals surface area contributed by atoms with Gasteiger partial charge in [-0.05, 0) is 59.3 Å². The Hall–Kier alpha value is -3.32. The zero-order chi connectivity index (χ0) is 23.8. The molecule has 0 bridgehead atoms. The summed E-state index contributed by atoms with van der Waals surface area (Å²) < 4.78 is 26.5. The van der Waals surface area contributed by atoms with Gasteiger partial charge in [-0.3, -0.25) is 9.59 Å². The highest BCUT2D eigenvalue weighted by molar-refractivity contribution is 7.10. The molecule has 7 heteroatoms. The Morgan fingerprint density at radius 2 is 1.48 bits per heavy atom. The van der Waals surface area contributed by atoms with Crippen LogP contribution in [0.4, 0.5) is 8.78 Å². The van der Waals surface area contributed by atoms with Crippen LogP contribution in [-0.2, 0) is 29.1 Å². The Labute approximate surface area is 196 Å². The summed E-state index contributed by atoms with van der Waals surface area (Å²) in [4.78, 5) is 30.4. The molecule has 0 N–H and O–H groups in total. The predicted octanol–water partition coefficient (Wildman–Crippen LogP) is 5.12. The SMILES string of the molecule is C=CCN(CC(=O)N(Cc1ccc(F)cc1)Cc1sccc1C)C(=O)Cc1ccc(F)cc1. The number of hydrogen-bond acceptors (Lipinski definition) is 3. The average Bonchev–Trinajstić information content (AvgIpc) is 3.20. The van der Waals surface area contributed by atoms with Crippen molar-refractivity contribution in [3.8, 4) is 0 Å². The van der Waals surface area contributed by atoms with Gasteiger partial charge in [-0.1, -0.05) is 30.3 Å². The van der Waals surface area contributed by atoms with Gasteiger partial charge in [0, 0.05) is 18.0 Å². The van der Waals surface area contributed by atoms with Crippen molar-refractivity contribution in [3.05, 3.63) is 106 Å². The number of benzene rings is 2. The molecule has 3 aromatic rings. The third kappa shape index (κ3) is 7.08. The molecule has 4 nitrogen and oxygen atoms in total. The van der Waals surface area contributed by atoms with E-state index in [0.717, 1.165) is 16.0 Å². The van der Waals surface area contributed by atoms with Crippen molar-refractivity contribution in [2.75, 3.05) is 13.1 Å². The van der Waals surface area contributed by atoms with Crippen LogP contribution in [0.5, 0.6) is 0 Å². The van der Waals surface area contributed by atoms with E-state index in [-0.39, 0.29) is 43.0 Å². The summed E-state index contributed by atoms with van der Waals surface area (Å²) in [6.07, 6.45) is 1.63. The summed E-state index contributed by atoms with van der Waals surface area (Å²) in [5.41, 5.74) is 2.55. The number of thiophene rings is 1. The van der Waals surface area contributed by atoms with E-state index in [0.29, 0.717) is 18.7 Å². The Morgan fingerprint density at radius 3 is 2.03 bits per heavy atom. The maximum absolute atomic E-state index is 13.3. The average molecular weight is 469 g/mol. The third-order valence-electron chi connectivity index (χ3n) is 5.24. The van der Waals surface area contributed by atoms with Gasteiger partial charge in [0.1, 0.15) is 18.2 Å². The van der Waals surface area contributed by atoms with Crippen molar-refractivity contribution in [2.24, 2.45) is 0 Å². The quantitative estimate of drug-likeness (QED) is 0.388. The molecule has 2 amide bonds. The normalized spacial score (nSPS) is 10.6. The summed E-state index contributed by atoms with van der Waals surface area (Å²) in [6.45, 7) is 6.48. The molecule has 0 spiro atoms. The van der Waals surface area contributed by atoms with Crippen molar-refractivity contribution >= 4 is 23.2 Å². The molecule has 172 valence electrons. The predicted molar refractivity (Wildman–Crippen MR) is 127 cm³/mol. The first-order valence-electron chi connectivity index (χ1n) is 10.5. The van der Waals surface area contributed by atoms with E-state index in [4.69, 9.17) is 0 Å². The van der Waals surface area contributed by atoms with E-state index in [1.807, 2.05) is 18.4 Å². The molecular weight excluding hydrogens is 442 g/mol. The van der Waals surface area contributed by atoms with Gasteiger partial charge in [-0.2, -0.15) is 0 Å². The first-order valence-corrected chi connectivity index (χ1v) is 11.4. The van der Waals surface area contributed by atoms with Gasteiger partial charge in [-0.25, -0.2) is 8.78 Å². The van der Waals surface area contributed by atoms with Crippen molar-refractivity contribution < 1.29 is 18.4 Å². The topological polar surface area (TPSA) is 40.6 Å². The number of carbonyl (C=O) groups excluding carboxylic acids is 2. The molecule has 3 rings (SSSR count). The Balaban J connectivity index is 1.75. The van der Waals surface area contributed by atoms with Crippen LogP contribution in [0.15, 0.2) is 72.6 Å². The number of carbonyl (C=O) groups is 2. The summed E-state index contributed by atoms with van der Waals surface area (Å²) >= 11 is 1.57. The zero-order valence-corrected chi connectivity index (χ0v) is 19.3. The minimum absolute atomic E-state index is 0.0589. The van der Waals surface area contributed by atoms with Crippen LogP contribution >= 0.6 is 11.3 Å². The van der Waals surface area contributed by atoms with Crippen LogP contribution in [0.2, 0.25) is 0 Å².